The number of rotatable bonds is 9. The molecule has 1 aliphatic carbocycles. The van der Waals surface area contributed by atoms with Gasteiger partial charge in [0.15, 0.2) is 0 Å². The standard InChI is InChI=1S/C26H36.CH2O3/c1-2-3-4-5-6-8-11-22-14-16-24(17-15-22)26-20-18-25(19-21-26)23-12-9-7-10-13-23;2-1(3)4/h14-21,23H,2-13H2,1H3;(H2,2,3,4). The summed E-state index contributed by atoms with van der Waals surface area (Å²) in [7, 11) is 0. The zero-order chi connectivity index (χ0) is 21.6. The van der Waals surface area contributed by atoms with E-state index in [1.165, 1.54) is 93.7 Å². The highest BCUT2D eigenvalue weighted by molar-refractivity contribution is 5.64. The van der Waals surface area contributed by atoms with Gasteiger partial charge < -0.3 is 10.2 Å². The lowest BCUT2D eigenvalue weighted by atomic mass is 9.83. The molecule has 0 spiro atoms. The summed E-state index contributed by atoms with van der Waals surface area (Å²) in [6.07, 6.45) is 14.7. The first-order chi connectivity index (χ1) is 14.6. The minimum absolute atomic E-state index is 0.803. The van der Waals surface area contributed by atoms with Crippen molar-refractivity contribution in [1.29, 1.82) is 0 Å². The van der Waals surface area contributed by atoms with Gasteiger partial charge in [-0.05, 0) is 53.9 Å². The number of hydrogen-bond donors (Lipinski definition) is 2. The predicted octanol–water partition coefficient (Wildman–Crippen LogP) is 8.53. The maximum absolute atomic E-state index is 8.56. The van der Waals surface area contributed by atoms with Gasteiger partial charge in [-0.25, -0.2) is 4.79 Å². The van der Waals surface area contributed by atoms with E-state index in [-0.39, 0.29) is 0 Å². The largest absolute Gasteiger partial charge is 0.503 e. The van der Waals surface area contributed by atoms with Crippen molar-refractivity contribution in [2.45, 2.75) is 89.9 Å². The van der Waals surface area contributed by atoms with Crippen LogP contribution in [0.25, 0.3) is 11.1 Å². The fourth-order valence-electron chi connectivity index (χ4n) is 4.36. The second-order valence-corrected chi connectivity index (χ2v) is 8.45. The second kappa shape index (κ2) is 13.8. The van der Waals surface area contributed by atoms with Crippen LogP contribution in [-0.2, 0) is 6.42 Å². The Kier molecular flexibility index (Phi) is 11.1. The van der Waals surface area contributed by atoms with E-state index in [4.69, 9.17) is 15.0 Å². The van der Waals surface area contributed by atoms with Crippen LogP contribution in [0, 0.1) is 0 Å². The third kappa shape index (κ3) is 9.02. The summed E-state index contributed by atoms with van der Waals surface area (Å²) < 4.78 is 0. The summed E-state index contributed by atoms with van der Waals surface area (Å²) in [5, 5.41) is 13.9. The van der Waals surface area contributed by atoms with E-state index in [2.05, 4.69) is 55.5 Å². The Labute approximate surface area is 182 Å². The second-order valence-electron chi connectivity index (χ2n) is 8.45. The van der Waals surface area contributed by atoms with Crippen LogP contribution in [0.4, 0.5) is 4.79 Å². The highest BCUT2D eigenvalue weighted by atomic mass is 16.6. The maximum Gasteiger partial charge on any atom is 0.503 e. The van der Waals surface area contributed by atoms with Gasteiger partial charge in [0.2, 0.25) is 0 Å². The first kappa shape index (κ1) is 24.0. The molecular formula is C27H38O3. The van der Waals surface area contributed by atoms with Crippen molar-refractivity contribution in [3.63, 3.8) is 0 Å². The van der Waals surface area contributed by atoms with Crippen molar-refractivity contribution in [3.8, 4) is 11.1 Å². The van der Waals surface area contributed by atoms with Crippen molar-refractivity contribution in [3.05, 3.63) is 59.7 Å². The summed E-state index contributed by atoms with van der Waals surface area (Å²) in [6, 6.07) is 18.7. The Bertz CT molecular complexity index is 709. The van der Waals surface area contributed by atoms with Crippen molar-refractivity contribution in [2.75, 3.05) is 0 Å². The minimum Gasteiger partial charge on any atom is -0.450 e. The van der Waals surface area contributed by atoms with Crippen LogP contribution in [-0.4, -0.2) is 16.4 Å². The number of unbranched alkanes of at least 4 members (excludes halogenated alkanes) is 5. The van der Waals surface area contributed by atoms with Crippen LogP contribution in [0.5, 0.6) is 0 Å². The van der Waals surface area contributed by atoms with Crippen LogP contribution >= 0.6 is 0 Å². The molecule has 0 radical (unpaired) electrons. The summed E-state index contributed by atoms with van der Waals surface area (Å²) in [5.74, 6) is 0.803. The molecule has 0 bridgehead atoms. The molecule has 0 unspecified atom stereocenters. The van der Waals surface area contributed by atoms with Crippen molar-refractivity contribution in [2.24, 2.45) is 0 Å². The molecule has 3 heteroatoms. The average molecular weight is 411 g/mol. The molecule has 2 N–H and O–H groups in total. The van der Waals surface area contributed by atoms with Crippen molar-refractivity contribution >= 4 is 6.16 Å². The Morgan fingerprint density at radius 2 is 1.27 bits per heavy atom. The lowest BCUT2D eigenvalue weighted by Crippen LogP contribution is -2.04. The molecule has 0 aliphatic heterocycles. The molecule has 3 rings (SSSR count). The zero-order valence-corrected chi connectivity index (χ0v) is 18.5. The van der Waals surface area contributed by atoms with Crippen LogP contribution in [0.2, 0.25) is 0 Å². The highest BCUT2D eigenvalue weighted by Gasteiger charge is 2.15. The van der Waals surface area contributed by atoms with E-state index >= 15 is 0 Å². The zero-order valence-electron chi connectivity index (χ0n) is 18.5. The van der Waals surface area contributed by atoms with Gasteiger partial charge in [-0.3, -0.25) is 0 Å². The third-order valence-corrected chi connectivity index (χ3v) is 6.09. The van der Waals surface area contributed by atoms with Gasteiger partial charge in [0.05, 0.1) is 0 Å². The monoisotopic (exact) mass is 410 g/mol. The van der Waals surface area contributed by atoms with Crippen LogP contribution in [0.15, 0.2) is 48.5 Å². The Balaban J connectivity index is 0.000000735. The summed E-state index contributed by atoms with van der Waals surface area (Å²) in [5.41, 5.74) is 5.75. The van der Waals surface area contributed by atoms with E-state index in [9.17, 15) is 0 Å². The Morgan fingerprint density at radius 3 is 1.83 bits per heavy atom. The molecule has 30 heavy (non-hydrogen) atoms. The van der Waals surface area contributed by atoms with Gasteiger partial charge in [-0.2, -0.15) is 0 Å². The SMILES string of the molecule is CCCCCCCCc1ccc(-c2ccc(C3CCCCC3)cc2)cc1.O=C(O)O. The molecule has 164 valence electrons. The van der Waals surface area contributed by atoms with Crippen LogP contribution < -0.4 is 0 Å². The molecule has 3 nitrogen and oxygen atoms in total. The summed E-state index contributed by atoms with van der Waals surface area (Å²) >= 11 is 0. The van der Waals surface area contributed by atoms with Gasteiger partial charge in [0, 0.05) is 0 Å². The van der Waals surface area contributed by atoms with Crippen molar-refractivity contribution in [1.82, 2.24) is 0 Å². The summed E-state index contributed by atoms with van der Waals surface area (Å²) in [6.45, 7) is 2.28. The van der Waals surface area contributed by atoms with E-state index in [0.717, 1.165) is 5.92 Å². The Morgan fingerprint density at radius 1 is 0.767 bits per heavy atom. The molecule has 2 aromatic carbocycles. The van der Waals surface area contributed by atoms with Gasteiger partial charge in [-0.15, -0.1) is 0 Å². The smallest absolute Gasteiger partial charge is 0.450 e. The van der Waals surface area contributed by atoms with E-state index in [0.29, 0.717) is 0 Å². The maximum atomic E-state index is 8.56. The fraction of sp³-hybridized carbons (Fsp3) is 0.519. The predicted molar refractivity (Wildman–Crippen MR) is 125 cm³/mol. The highest BCUT2D eigenvalue weighted by Crippen LogP contribution is 2.33. The average Bonchev–Trinajstić information content (AvgIpc) is 2.77. The number of benzene rings is 2. The number of carbonyl (C=O) groups is 1. The lowest BCUT2D eigenvalue weighted by molar-refractivity contribution is 0.137. The molecule has 0 amide bonds. The lowest BCUT2D eigenvalue weighted by Gasteiger charge is -2.22. The van der Waals surface area contributed by atoms with Gasteiger partial charge >= 0.3 is 6.16 Å². The number of aryl methyl sites for hydroxylation is 1. The quantitative estimate of drug-likeness (QED) is 0.407. The van der Waals surface area contributed by atoms with Crippen molar-refractivity contribution < 1.29 is 15.0 Å². The molecule has 2 aromatic rings. The Hall–Kier alpha value is -2.29. The van der Waals surface area contributed by atoms with E-state index in [1.807, 2.05) is 0 Å². The first-order valence-electron chi connectivity index (χ1n) is 11.7. The first-order valence-corrected chi connectivity index (χ1v) is 11.7. The topological polar surface area (TPSA) is 57.5 Å². The molecule has 1 aliphatic rings. The third-order valence-electron chi connectivity index (χ3n) is 6.09. The van der Waals surface area contributed by atoms with E-state index in [1.54, 1.807) is 5.56 Å². The molecule has 1 saturated carbocycles. The number of hydrogen-bond acceptors (Lipinski definition) is 1. The molecule has 1 fully saturated rings. The van der Waals surface area contributed by atoms with Gasteiger partial charge in [0.1, 0.15) is 0 Å². The summed E-state index contributed by atoms with van der Waals surface area (Å²) in [4.78, 5) is 8.56. The minimum atomic E-state index is -1.83. The molecular weight excluding hydrogens is 372 g/mol. The molecule has 0 atom stereocenters. The van der Waals surface area contributed by atoms with Crippen LogP contribution in [0.1, 0.15) is 94.6 Å². The molecule has 0 saturated heterocycles. The number of carboxylic acid groups (broad SMARTS) is 2. The molecule has 0 aromatic heterocycles. The van der Waals surface area contributed by atoms with E-state index < -0.39 is 6.16 Å². The van der Waals surface area contributed by atoms with Gasteiger partial charge in [0.25, 0.3) is 0 Å². The normalized spacial score (nSPS) is 14.0. The van der Waals surface area contributed by atoms with Crippen LogP contribution in [0.3, 0.4) is 0 Å². The molecule has 0 heterocycles. The van der Waals surface area contributed by atoms with Gasteiger partial charge in [-0.1, -0.05) is 107 Å². The fourth-order valence-corrected chi connectivity index (χ4v) is 4.36.